The Balaban J connectivity index is 2.11. The number of hydrogen-bond acceptors (Lipinski definition) is 3. The molecule has 0 aromatic heterocycles. The summed E-state index contributed by atoms with van der Waals surface area (Å²) >= 11 is 0. The van der Waals surface area contributed by atoms with Crippen LogP contribution in [0.1, 0.15) is 52.0 Å². The number of aryl methyl sites for hydroxylation is 1. The molecule has 2 rings (SSSR count). The minimum Gasteiger partial charge on any atom is -0.352 e. The molecule has 1 aromatic rings. The lowest BCUT2D eigenvalue weighted by Gasteiger charge is -2.32. The van der Waals surface area contributed by atoms with Crippen LogP contribution in [0.4, 0.5) is 0 Å². The lowest BCUT2D eigenvalue weighted by atomic mass is 9.85. The van der Waals surface area contributed by atoms with E-state index in [9.17, 15) is 13.2 Å². The highest BCUT2D eigenvalue weighted by Gasteiger charge is 2.31. The first-order valence-corrected chi connectivity index (χ1v) is 10.6. The van der Waals surface area contributed by atoms with Crippen molar-refractivity contribution in [3.63, 3.8) is 0 Å². The van der Waals surface area contributed by atoms with Crippen LogP contribution in [0.15, 0.2) is 29.2 Å². The maximum absolute atomic E-state index is 12.7. The van der Waals surface area contributed by atoms with Crippen molar-refractivity contribution < 1.29 is 13.2 Å². The molecule has 0 radical (unpaired) electrons. The smallest absolute Gasteiger partial charge is 0.241 e. The van der Waals surface area contributed by atoms with Gasteiger partial charge in [0, 0.05) is 6.04 Å². The van der Waals surface area contributed by atoms with Crippen LogP contribution in [0.5, 0.6) is 0 Å². The maximum atomic E-state index is 12.7. The van der Waals surface area contributed by atoms with E-state index < -0.39 is 16.1 Å². The monoisotopic (exact) mass is 366 g/mol. The molecule has 5 nitrogen and oxygen atoms in total. The molecule has 140 valence electrons. The molecule has 0 unspecified atom stereocenters. The van der Waals surface area contributed by atoms with Crippen LogP contribution in [0.3, 0.4) is 0 Å². The Labute approximate surface area is 151 Å². The van der Waals surface area contributed by atoms with E-state index >= 15 is 0 Å². The second-order valence-corrected chi connectivity index (χ2v) is 9.25. The van der Waals surface area contributed by atoms with Gasteiger partial charge in [0.1, 0.15) is 6.04 Å². The van der Waals surface area contributed by atoms with E-state index in [-0.39, 0.29) is 22.8 Å². The Hall–Kier alpha value is -1.40. The summed E-state index contributed by atoms with van der Waals surface area (Å²) in [7, 11) is -3.73. The van der Waals surface area contributed by atoms with E-state index in [4.69, 9.17) is 0 Å². The lowest BCUT2D eigenvalue weighted by Crippen LogP contribution is -2.53. The minimum absolute atomic E-state index is 0.131. The summed E-state index contributed by atoms with van der Waals surface area (Å²) in [6.45, 7) is 7.75. The molecular formula is C19H30N2O3S. The summed E-state index contributed by atoms with van der Waals surface area (Å²) in [4.78, 5) is 12.9. The van der Waals surface area contributed by atoms with Gasteiger partial charge in [-0.2, -0.15) is 4.72 Å². The fourth-order valence-electron chi connectivity index (χ4n) is 3.25. The summed E-state index contributed by atoms with van der Waals surface area (Å²) in [6.07, 6.45) is 4.37. The zero-order chi connectivity index (χ0) is 18.6. The van der Waals surface area contributed by atoms with Crippen LogP contribution >= 0.6 is 0 Å². The van der Waals surface area contributed by atoms with Crippen LogP contribution in [-0.4, -0.2) is 26.4 Å². The van der Waals surface area contributed by atoms with Crippen LogP contribution in [0.25, 0.3) is 0 Å². The Morgan fingerprint density at radius 3 is 2.28 bits per heavy atom. The predicted molar refractivity (Wildman–Crippen MR) is 99.7 cm³/mol. The van der Waals surface area contributed by atoms with E-state index in [0.717, 1.165) is 24.8 Å². The topological polar surface area (TPSA) is 75.3 Å². The Morgan fingerprint density at radius 1 is 1.12 bits per heavy atom. The highest BCUT2D eigenvalue weighted by atomic mass is 32.2. The average Bonchev–Trinajstić information content (AvgIpc) is 2.55. The van der Waals surface area contributed by atoms with Gasteiger partial charge in [0.2, 0.25) is 15.9 Å². The van der Waals surface area contributed by atoms with E-state index in [1.54, 1.807) is 24.3 Å². The van der Waals surface area contributed by atoms with Gasteiger partial charge < -0.3 is 5.32 Å². The molecule has 1 aromatic carbocycles. The average molecular weight is 367 g/mol. The normalized spacial score (nSPS) is 22.6. The number of hydrogen-bond donors (Lipinski definition) is 2. The first-order valence-electron chi connectivity index (χ1n) is 9.10. The molecule has 3 atom stereocenters. The summed E-state index contributed by atoms with van der Waals surface area (Å²) in [5.74, 6) is 0.0581. The van der Waals surface area contributed by atoms with Crippen LogP contribution in [0, 0.1) is 18.8 Å². The van der Waals surface area contributed by atoms with Gasteiger partial charge in [-0.25, -0.2) is 8.42 Å². The molecular weight excluding hydrogens is 336 g/mol. The Kier molecular flexibility index (Phi) is 6.63. The van der Waals surface area contributed by atoms with E-state index in [1.165, 1.54) is 6.42 Å². The first-order chi connectivity index (χ1) is 11.7. The molecule has 0 heterocycles. The number of sulfonamides is 1. The largest absolute Gasteiger partial charge is 0.352 e. The van der Waals surface area contributed by atoms with Gasteiger partial charge in [-0.05, 0) is 43.7 Å². The molecule has 0 saturated heterocycles. The fraction of sp³-hybridized carbons (Fsp3) is 0.632. The molecule has 1 amide bonds. The third-order valence-electron chi connectivity index (χ3n) is 5.00. The number of benzene rings is 1. The third kappa shape index (κ3) is 5.28. The summed E-state index contributed by atoms with van der Waals surface area (Å²) in [5, 5.41) is 3.07. The molecule has 0 bridgehead atoms. The molecule has 25 heavy (non-hydrogen) atoms. The molecule has 1 aliphatic rings. The van der Waals surface area contributed by atoms with Crippen molar-refractivity contribution in [2.45, 2.75) is 70.4 Å². The molecule has 1 saturated carbocycles. The zero-order valence-corrected chi connectivity index (χ0v) is 16.4. The van der Waals surface area contributed by atoms with Gasteiger partial charge in [-0.3, -0.25) is 4.79 Å². The highest BCUT2D eigenvalue weighted by molar-refractivity contribution is 7.89. The molecule has 0 aliphatic heterocycles. The van der Waals surface area contributed by atoms with Crippen LogP contribution in [0.2, 0.25) is 0 Å². The van der Waals surface area contributed by atoms with Crippen molar-refractivity contribution >= 4 is 15.9 Å². The molecule has 6 heteroatoms. The molecule has 1 fully saturated rings. The number of rotatable bonds is 6. The van der Waals surface area contributed by atoms with Gasteiger partial charge in [0.05, 0.1) is 4.90 Å². The summed E-state index contributed by atoms with van der Waals surface area (Å²) in [5.41, 5.74) is 0.989. The van der Waals surface area contributed by atoms with Crippen molar-refractivity contribution in [2.24, 2.45) is 11.8 Å². The number of carbonyl (C=O) groups excluding carboxylic acids is 1. The number of nitrogens with one attached hydrogen (secondary N) is 2. The standard InChI is InChI=1S/C19H30N2O3S/c1-13(2)18(19(22)20-17-8-6-5-7-15(17)4)21-25(23,24)16-11-9-14(3)10-12-16/h9-13,15,17-18,21H,5-8H2,1-4H3,(H,20,22)/t15-,17-,18+/m1/s1. The summed E-state index contributed by atoms with van der Waals surface area (Å²) < 4.78 is 27.8. The van der Waals surface area contributed by atoms with Crippen molar-refractivity contribution in [1.29, 1.82) is 0 Å². The van der Waals surface area contributed by atoms with Crippen molar-refractivity contribution in [3.8, 4) is 0 Å². The molecule has 1 aliphatic carbocycles. The minimum atomic E-state index is -3.73. The van der Waals surface area contributed by atoms with Gasteiger partial charge >= 0.3 is 0 Å². The van der Waals surface area contributed by atoms with Gasteiger partial charge in [-0.1, -0.05) is 51.3 Å². The van der Waals surface area contributed by atoms with Gasteiger partial charge in [0.15, 0.2) is 0 Å². The van der Waals surface area contributed by atoms with E-state index in [0.29, 0.717) is 5.92 Å². The van der Waals surface area contributed by atoms with Crippen LogP contribution in [-0.2, 0) is 14.8 Å². The van der Waals surface area contributed by atoms with Gasteiger partial charge in [0.25, 0.3) is 0 Å². The van der Waals surface area contributed by atoms with Crippen LogP contribution < -0.4 is 10.0 Å². The predicted octanol–water partition coefficient (Wildman–Crippen LogP) is 2.99. The first kappa shape index (κ1) is 19.9. The molecule has 2 N–H and O–H groups in total. The summed E-state index contributed by atoms with van der Waals surface area (Å²) in [6, 6.07) is 5.99. The van der Waals surface area contributed by atoms with E-state index in [2.05, 4.69) is 17.0 Å². The second kappa shape index (κ2) is 8.32. The third-order valence-corrected chi connectivity index (χ3v) is 6.46. The quantitative estimate of drug-likeness (QED) is 0.813. The molecule has 0 spiro atoms. The van der Waals surface area contributed by atoms with Crippen molar-refractivity contribution in [3.05, 3.63) is 29.8 Å². The maximum Gasteiger partial charge on any atom is 0.241 e. The fourth-order valence-corrected chi connectivity index (χ4v) is 4.59. The lowest BCUT2D eigenvalue weighted by molar-refractivity contribution is -0.125. The highest BCUT2D eigenvalue weighted by Crippen LogP contribution is 2.24. The zero-order valence-electron chi connectivity index (χ0n) is 15.6. The second-order valence-electron chi connectivity index (χ2n) is 7.53. The van der Waals surface area contributed by atoms with Crippen molar-refractivity contribution in [2.75, 3.05) is 0 Å². The Morgan fingerprint density at radius 2 is 1.72 bits per heavy atom. The SMILES string of the molecule is Cc1ccc(S(=O)(=O)N[C@H](C(=O)N[C@@H]2CCCC[C@H]2C)C(C)C)cc1. The Bertz CT molecular complexity index is 683. The number of carbonyl (C=O) groups is 1. The number of amides is 1. The van der Waals surface area contributed by atoms with E-state index in [1.807, 2.05) is 20.8 Å². The van der Waals surface area contributed by atoms with Crippen molar-refractivity contribution in [1.82, 2.24) is 10.0 Å². The van der Waals surface area contributed by atoms with Gasteiger partial charge in [-0.15, -0.1) is 0 Å².